The van der Waals surface area contributed by atoms with E-state index in [1.54, 1.807) is 0 Å². The maximum Gasteiger partial charge on any atom is 0.0227 e. The van der Waals surface area contributed by atoms with Gasteiger partial charge in [-0.15, -0.1) is 0 Å². The number of likely N-dealkylation sites (N-methyl/N-ethyl adjacent to an activating group) is 1. The van der Waals surface area contributed by atoms with Crippen molar-refractivity contribution >= 4 is 0 Å². The Labute approximate surface area is 90.5 Å². The molecule has 0 aromatic heterocycles. The average Bonchev–Trinajstić information content (AvgIpc) is 2.20. The van der Waals surface area contributed by atoms with Crippen molar-refractivity contribution in [1.82, 2.24) is 4.90 Å². The predicted molar refractivity (Wildman–Crippen MR) is 67.7 cm³/mol. The monoisotopic (exact) mass is 197 g/mol. The number of allylic oxidation sites excluding steroid dienone is 1. The smallest absolute Gasteiger partial charge is 0.0227 e. The summed E-state index contributed by atoms with van der Waals surface area (Å²) in [6, 6.07) is 0. The molecule has 0 aliphatic heterocycles. The zero-order valence-electron chi connectivity index (χ0n) is 10.6. The second-order valence-corrected chi connectivity index (χ2v) is 3.03. The first-order valence-corrected chi connectivity index (χ1v) is 5.77. The molecule has 0 rings (SSSR count). The first-order valence-electron chi connectivity index (χ1n) is 5.77. The first kappa shape index (κ1) is 15.9. The number of hydrogen-bond acceptors (Lipinski definition) is 1. The van der Waals surface area contributed by atoms with E-state index in [-0.39, 0.29) is 0 Å². The highest BCUT2D eigenvalue weighted by Gasteiger charge is 1.99. The lowest BCUT2D eigenvalue weighted by Gasteiger charge is -2.19. The van der Waals surface area contributed by atoms with Gasteiger partial charge < -0.3 is 0 Å². The molecule has 0 aromatic carbocycles. The minimum absolute atomic E-state index is 1.01. The fourth-order valence-corrected chi connectivity index (χ4v) is 1.24. The molecular formula is C13H27N. The number of nitrogens with zero attached hydrogens (tertiary/aromatic N) is 1. The Balaban J connectivity index is 0. The van der Waals surface area contributed by atoms with Crippen LogP contribution >= 0.6 is 0 Å². The first-order chi connectivity index (χ1) is 6.74. The third kappa shape index (κ3) is 9.53. The van der Waals surface area contributed by atoms with Crippen molar-refractivity contribution in [3.63, 3.8) is 0 Å². The van der Waals surface area contributed by atoms with Crippen LogP contribution in [0.4, 0.5) is 0 Å². The largest absolute Gasteiger partial charge is 0.299 e. The maximum atomic E-state index is 3.99. The van der Waals surface area contributed by atoms with Crippen LogP contribution in [0.1, 0.15) is 41.0 Å². The highest BCUT2D eigenvalue weighted by Crippen LogP contribution is 1.99. The van der Waals surface area contributed by atoms with Gasteiger partial charge in [-0.1, -0.05) is 46.4 Å². The summed E-state index contributed by atoms with van der Waals surface area (Å²) in [6.07, 6.45) is 5.34. The van der Waals surface area contributed by atoms with Gasteiger partial charge in [0.2, 0.25) is 0 Å². The van der Waals surface area contributed by atoms with Crippen molar-refractivity contribution in [1.29, 1.82) is 0 Å². The Morgan fingerprint density at radius 3 is 2.21 bits per heavy atom. The molecular weight excluding hydrogens is 170 g/mol. The van der Waals surface area contributed by atoms with Gasteiger partial charge in [-0.05, 0) is 32.0 Å². The topological polar surface area (TPSA) is 3.24 Å². The average molecular weight is 197 g/mol. The van der Waals surface area contributed by atoms with Crippen LogP contribution in [0.5, 0.6) is 0 Å². The third-order valence-corrected chi connectivity index (χ3v) is 1.82. The van der Waals surface area contributed by atoms with E-state index in [4.69, 9.17) is 0 Å². The molecule has 1 heteroatoms. The molecule has 0 spiro atoms. The van der Waals surface area contributed by atoms with Gasteiger partial charge in [-0.25, -0.2) is 0 Å². The van der Waals surface area contributed by atoms with Crippen molar-refractivity contribution in [3.8, 4) is 0 Å². The van der Waals surface area contributed by atoms with E-state index in [0.717, 1.165) is 13.1 Å². The summed E-state index contributed by atoms with van der Waals surface area (Å²) in [4.78, 5) is 2.41. The fourth-order valence-electron chi connectivity index (χ4n) is 1.24. The van der Waals surface area contributed by atoms with Gasteiger partial charge in [-0.3, -0.25) is 4.90 Å². The summed E-state index contributed by atoms with van der Waals surface area (Å²) >= 11 is 0. The van der Waals surface area contributed by atoms with Crippen LogP contribution in [0.2, 0.25) is 0 Å². The van der Waals surface area contributed by atoms with Crippen molar-refractivity contribution in [2.75, 3.05) is 19.6 Å². The van der Waals surface area contributed by atoms with E-state index in [2.05, 4.69) is 31.4 Å². The Morgan fingerprint density at radius 2 is 1.86 bits per heavy atom. The summed E-state index contributed by atoms with van der Waals surface area (Å²) in [7, 11) is 0. The molecule has 0 aliphatic carbocycles. The van der Waals surface area contributed by atoms with E-state index in [0.29, 0.717) is 0 Å². The Morgan fingerprint density at radius 1 is 1.29 bits per heavy atom. The minimum Gasteiger partial charge on any atom is -0.299 e. The second-order valence-electron chi connectivity index (χ2n) is 3.03. The molecule has 0 aliphatic rings. The fraction of sp³-hybridized carbons (Fsp3) is 0.692. The van der Waals surface area contributed by atoms with Crippen molar-refractivity contribution < 1.29 is 0 Å². The molecule has 0 aromatic rings. The Bertz CT molecular complexity index is 147. The predicted octanol–water partition coefficient (Wildman–Crippen LogP) is 3.88. The van der Waals surface area contributed by atoms with Crippen LogP contribution in [-0.2, 0) is 0 Å². The summed E-state index contributed by atoms with van der Waals surface area (Å²) in [5.41, 5.74) is 1.20. The zero-order valence-corrected chi connectivity index (χ0v) is 10.6. The van der Waals surface area contributed by atoms with Gasteiger partial charge in [0.05, 0.1) is 0 Å². The van der Waals surface area contributed by atoms with Gasteiger partial charge in [0.15, 0.2) is 0 Å². The summed E-state index contributed by atoms with van der Waals surface area (Å²) in [5.74, 6) is 0. The number of hydrogen-bond donors (Lipinski definition) is 0. The van der Waals surface area contributed by atoms with Crippen LogP contribution in [0.15, 0.2) is 24.3 Å². The van der Waals surface area contributed by atoms with Crippen LogP contribution in [0, 0.1) is 0 Å². The third-order valence-electron chi connectivity index (χ3n) is 1.82. The molecule has 0 bridgehead atoms. The van der Waals surface area contributed by atoms with E-state index in [9.17, 15) is 0 Å². The van der Waals surface area contributed by atoms with Crippen molar-refractivity contribution in [3.05, 3.63) is 24.3 Å². The molecule has 0 N–H and O–H groups in total. The Hall–Kier alpha value is -0.560. The standard InChI is InChI=1S/C11H21N.C2H6/c1-5-8-11(4)10-12(7-3)9-6-2;1-2/h5,8H,4,6-7,9-10H2,1-3H3;1-2H3/b8-5-;. The van der Waals surface area contributed by atoms with Crippen molar-refractivity contribution in [2.24, 2.45) is 0 Å². The van der Waals surface area contributed by atoms with Crippen LogP contribution in [0.25, 0.3) is 0 Å². The normalized spacial score (nSPS) is 10.1. The molecule has 0 amide bonds. The van der Waals surface area contributed by atoms with Gasteiger partial charge >= 0.3 is 0 Å². The van der Waals surface area contributed by atoms with E-state index in [1.165, 1.54) is 18.5 Å². The molecule has 0 atom stereocenters. The minimum atomic E-state index is 1.01. The SMILES string of the molecule is C=C(/C=C\C)CN(CC)CCC.CC. The van der Waals surface area contributed by atoms with Gasteiger partial charge in [0, 0.05) is 6.54 Å². The lowest BCUT2D eigenvalue weighted by atomic mass is 10.2. The van der Waals surface area contributed by atoms with Gasteiger partial charge in [0.1, 0.15) is 0 Å². The number of rotatable bonds is 6. The summed E-state index contributed by atoms with van der Waals surface area (Å²) < 4.78 is 0. The van der Waals surface area contributed by atoms with E-state index in [1.807, 2.05) is 26.8 Å². The van der Waals surface area contributed by atoms with E-state index >= 15 is 0 Å². The molecule has 84 valence electrons. The summed E-state index contributed by atoms with van der Waals surface area (Å²) in [5, 5.41) is 0. The Kier molecular flexibility index (Phi) is 14.1. The van der Waals surface area contributed by atoms with Gasteiger partial charge in [-0.2, -0.15) is 0 Å². The molecule has 0 heterocycles. The second kappa shape index (κ2) is 12.4. The van der Waals surface area contributed by atoms with Crippen LogP contribution in [-0.4, -0.2) is 24.5 Å². The zero-order chi connectivity index (χ0) is 11.4. The molecule has 0 saturated carbocycles. The quantitative estimate of drug-likeness (QED) is 0.584. The molecule has 14 heavy (non-hydrogen) atoms. The highest BCUT2D eigenvalue weighted by molar-refractivity contribution is 5.15. The van der Waals surface area contributed by atoms with Gasteiger partial charge in [0.25, 0.3) is 0 Å². The molecule has 0 radical (unpaired) electrons. The maximum absolute atomic E-state index is 3.99. The lowest BCUT2D eigenvalue weighted by Crippen LogP contribution is -2.25. The van der Waals surface area contributed by atoms with Crippen molar-refractivity contribution in [2.45, 2.75) is 41.0 Å². The molecule has 0 unspecified atom stereocenters. The molecule has 1 nitrogen and oxygen atoms in total. The highest BCUT2D eigenvalue weighted by atomic mass is 15.1. The molecule has 0 saturated heterocycles. The van der Waals surface area contributed by atoms with E-state index < -0.39 is 0 Å². The van der Waals surface area contributed by atoms with Crippen LogP contribution < -0.4 is 0 Å². The molecule has 0 fully saturated rings. The summed E-state index contributed by atoms with van der Waals surface area (Å²) in [6.45, 7) is 17.7. The van der Waals surface area contributed by atoms with Crippen LogP contribution in [0.3, 0.4) is 0 Å². The lowest BCUT2D eigenvalue weighted by molar-refractivity contribution is 0.315.